The van der Waals surface area contributed by atoms with Crippen molar-refractivity contribution in [3.8, 4) is 0 Å². The minimum Gasteiger partial charge on any atom is -0.481 e. The molecule has 0 radical (unpaired) electrons. The molecule has 1 saturated heterocycles. The predicted octanol–water partition coefficient (Wildman–Crippen LogP) is 1.01. The van der Waals surface area contributed by atoms with Gasteiger partial charge in [-0.25, -0.2) is 8.42 Å². The van der Waals surface area contributed by atoms with E-state index in [0.29, 0.717) is 31.6 Å². The van der Waals surface area contributed by atoms with E-state index in [1.165, 1.54) is 12.1 Å². The number of benzene rings is 1. The van der Waals surface area contributed by atoms with Gasteiger partial charge in [0, 0.05) is 31.6 Å². The Bertz CT molecular complexity index is 750. The number of nitrogens with one attached hydrogen (secondary N) is 1. The fraction of sp³-hybridized carbons (Fsp3) is 0.500. The molecule has 0 bridgehead atoms. The van der Waals surface area contributed by atoms with Gasteiger partial charge in [0.15, 0.2) is 9.84 Å². The summed E-state index contributed by atoms with van der Waals surface area (Å²) in [6, 6.07) is 4.32. The average Bonchev–Trinajstić information content (AvgIpc) is 2.52. The van der Waals surface area contributed by atoms with Crippen LogP contribution in [0.25, 0.3) is 0 Å². The number of rotatable bonds is 5. The summed E-state index contributed by atoms with van der Waals surface area (Å²) in [4.78, 5) is 24.1. The van der Waals surface area contributed by atoms with E-state index in [1.807, 2.05) is 0 Å². The topological polar surface area (TPSA) is 110 Å². The molecule has 24 heavy (non-hydrogen) atoms. The molecule has 8 heteroatoms. The molecule has 7 nitrogen and oxygen atoms in total. The van der Waals surface area contributed by atoms with Gasteiger partial charge in [-0.05, 0) is 37.5 Å². The number of carboxylic acids is 1. The van der Waals surface area contributed by atoms with Gasteiger partial charge < -0.3 is 15.2 Å². The highest BCUT2D eigenvalue weighted by molar-refractivity contribution is 7.90. The molecule has 1 aliphatic heterocycles. The van der Waals surface area contributed by atoms with Crippen LogP contribution in [0.3, 0.4) is 0 Å². The Morgan fingerprint density at radius 1 is 1.29 bits per heavy atom. The molecule has 1 aliphatic rings. The van der Waals surface area contributed by atoms with Gasteiger partial charge in [0.2, 0.25) is 0 Å². The third kappa shape index (κ3) is 3.93. The van der Waals surface area contributed by atoms with Crippen molar-refractivity contribution in [2.45, 2.75) is 24.7 Å². The lowest BCUT2D eigenvalue weighted by atomic mass is 9.80. The van der Waals surface area contributed by atoms with E-state index < -0.39 is 27.1 Å². The summed E-state index contributed by atoms with van der Waals surface area (Å²) in [5.74, 6) is -1.45. The summed E-state index contributed by atoms with van der Waals surface area (Å²) in [5.41, 5.74) is -0.197. The number of aliphatic carboxylic acids is 1. The van der Waals surface area contributed by atoms with E-state index in [4.69, 9.17) is 4.74 Å². The molecule has 1 fully saturated rings. The van der Waals surface area contributed by atoms with Gasteiger partial charge in [-0.3, -0.25) is 9.59 Å². The SMILES string of the molecule is Cc1ccc(S(C)(=O)=O)cc1C(=O)NCC1(C(=O)O)CCOCC1. The van der Waals surface area contributed by atoms with E-state index in [-0.39, 0.29) is 17.0 Å². The Kier molecular flexibility index (Phi) is 5.29. The number of carbonyl (C=O) groups is 2. The first kappa shape index (κ1) is 18.4. The van der Waals surface area contributed by atoms with Gasteiger partial charge in [0.25, 0.3) is 5.91 Å². The lowest BCUT2D eigenvalue weighted by molar-refractivity contribution is -0.154. The third-order valence-corrected chi connectivity index (χ3v) is 5.48. The molecule has 1 amide bonds. The Hall–Kier alpha value is -1.93. The highest BCUT2D eigenvalue weighted by Gasteiger charge is 2.40. The molecule has 1 aromatic carbocycles. The van der Waals surface area contributed by atoms with Crippen LogP contribution in [0, 0.1) is 12.3 Å². The summed E-state index contributed by atoms with van der Waals surface area (Å²) in [6.45, 7) is 2.35. The lowest BCUT2D eigenvalue weighted by Crippen LogP contribution is -2.46. The minimum absolute atomic E-state index is 0.0208. The van der Waals surface area contributed by atoms with Crippen LogP contribution in [0.5, 0.6) is 0 Å². The van der Waals surface area contributed by atoms with Crippen molar-refractivity contribution >= 4 is 21.7 Å². The Morgan fingerprint density at radius 2 is 1.92 bits per heavy atom. The zero-order chi connectivity index (χ0) is 18.0. The highest BCUT2D eigenvalue weighted by Crippen LogP contribution is 2.30. The zero-order valence-electron chi connectivity index (χ0n) is 13.7. The summed E-state index contributed by atoms with van der Waals surface area (Å²) < 4.78 is 28.5. The smallest absolute Gasteiger partial charge is 0.311 e. The minimum atomic E-state index is -3.43. The maximum Gasteiger partial charge on any atom is 0.311 e. The molecule has 0 aromatic heterocycles. The number of hydrogen-bond donors (Lipinski definition) is 2. The number of ether oxygens (including phenoxy) is 1. The van der Waals surface area contributed by atoms with Gasteiger partial charge in [-0.15, -0.1) is 0 Å². The van der Waals surface area contributed by atoms with Crippen LogP contribution in [0.4, 0.5) is 0 Å². The average molecular weight is 355 g/mol. The van der Waals surface area contributed by atoms with E-state index in [9.17, 15) is 23.1 Å². The molecule has 0 atom stereocenters. The van der Waals surface area contributed by atoms with Crippen molar-refractivity contribution in [2.75, 3.05) is 26.0 Å². The molecule has 0 saturated carbocycles. The van der Waals surface area contributed by atoms with Crippen molar-refractivity contribution in [1.29, 1.82) is 0 Å². The molecular weight excluding hydrogens is 334 g/mol. The van der Waals surface area contributed by atoms with Crippen molar-refractivity contribution in [1.82, 2.24) is 5.32 Å². The Morgan fingerprint density at radius 3 is 2.46 bits per heavy atom. The number of carboxylic acid groups (broad SMARTS) is 1. The lowest BCUT2D eigenvalue weighted by Gasteiger charge is -2.33. The summed E-state index contributed by atoms with van der Waals surface area (Å²) in [6.07, 6.45) is 1.72. The largest absolute Gasteiger partial charge is 0.481 e. The van der Waals surface area contributed by atoms with E-state index in [2.05, 4.69) is 5.32 Å². The highest BCUT2D eigenvalue weighted by atomic mass is 32.2. The van der Waals surface area contributed by atoms with Crippen molar-refractivity contribution in [3.63, 3.8) is 0 Å². The molecular formula is C16H21NO6S. The monoisotopic (exact) mass is 355 g/mol. The molecule has 2 rings (SSSR count). The van der Waals surface area contributed by atoms with Crippen molar-refractivity contribution in [2.24, 2.45) is 5.41 Å². The maximum atomic E-state index is 12.4. The number of carbonyl (C=O) groups excluding carboxylic acids is 1. The fourth-order valence-electron chi connectivity index (χ4n) is 2.65. The van der Waals surface area contributed by atoms with Crippen molar-refractivity contribution in [3.05, 3.63) is 29.3 Å². The summed E-state index contributed by atoms with van der Waals surface area (Å²) in [5, 5.41) is 12.1. The van der Waals surface area contributed by atoms with Gasteiger partial charge in [0.05, 0.1) is 10.3 Å². The second kappa shape index (κ2) is 6.90. The first-order valence-electron chi connectivity index (χ1n) is 7.56. The standard InChI is InChI=1S/C16H21NO6S/c1-11-3-4-12(24(2,21)22)9-13(11)14(18)17-10-16(15(19)20)5-7-23-8-6-16/h3-4,9H,5-8,10H2,1-2H3,(H,17,18)(H,19,20). The van der Waals surface area contributed by atoms with Gasteiger partial charge >= 0.3 is 5.97 Å². The zero-order valence-corrected chi connectivity index (χ0v) is 14.5. The van der Waals surface area contributed by atoms with Gasteiger partial charge in [-0.1, -0.05) is 6.07 Å². The second-order valence-electron chi connectivity index (χ2n) is 6.13. The first-order valence-corrected chi connectivity index (χ1v) is 9.45. The van der Waals surface area contributed by atoms with Crippen LogP contribution in [-0.4, -0.2) is 51.4 Å². The number of aryl methyl sites for hydroxylation is 1. The maximum absolute atomic E-state index is 12.4. The van der Waals surface area contributed by atoms with Gasteiger partial charge in [-0.2, -0.15) is 0 Å². The number of sulfone groups is 1. The van der Waals surface area contributed by atoms with E-state index in [0.717, 1.165) is 6.26 Å². The number of hydrogen-bond acceptors (Lipinski definition) is 5. The number of amides is 1. The molecule has 0 aliphatic carbocycles. The van der Waals surface area contributed by atoms with Crippen LogP contribution < -0.4 is 5.32 Å². The summed E-state index contributed by atoms with van der Waals surface area (Å²) in [7, 11) is -3.43. The van der Waals surface area contributed by atoms with Crippen LogP contribution in [0.2, 0.25) is 0 Å². The molecule has 1 heterocycles. The van der Waals surface area contributed by atoms with E-state index >= 15 is 0 Å². The van der Waals surface area contributed by atoms with E-state index in [1.54, 1.807) is 13.0 Å². The summed E-state index contributed by atoms with van der Waals surface area (Å²) >= 11 is 0. The fourth-order valence-corrected chi connectivity index (χ4v) is 3.30. The van der Waals surface area contributed by atoms with Gasteiger partial charge in [0.1, 0.15) is 0 Å². The quantitative estimate of drug-likeness (QED) is 0.816. The molecule has 132 valence electrons. The first-order chi connectivity index (χ1) is 11.2. The van der Waals surface area contributed by atoms with Crippen molar-refractivity contribution < 1.29 is 27.9 Å². The second-order valence-corrected chi connectivity index (χ2v) is 8.15. The molecule has 2 N–H and O–H groups in total. The predicted molar refractivity (Wildman–Crippen MR) is 86.7 cm³/mol. The molecule has 0 spiro atoms. The van der Waals surface area contributed by atoms with Crippen LogP contribution in [0.1, 0.15) is 28.8 Å². The molecule has 1 aromatic rings. The van der Waals surface area contributed by atoms with Crippen LogP contribution >= 0.6 is 0 Å². The Labute approximate surface area is 140 Å². The normalized spacial score (nSPS) is 17.2. The Balaban J connectivity index is 2.19. The van der Waals surface area contributed by atoms with Crippen LogP contribution in [0.15, 0.2) is 23.1 Å². The molecule has 0 unspecified atom stereocenters. The third-order valence-electron chi connectivity index (χ3n) is 4.37. The van der Waals surface area contributed by atoms with Crippen LogP contribution in [-0.2, 0) is 19.4 Å².